The molecule has 0 atom stereocenters. The van der Waals surface area contributed by atoms with Gasteiger partial charge < -0.3 is 11.1 Å². The topological polar surface area (TPSA) is 72.2 Å². The Morgan fingerprint density at radius 1 is 1.33 bits per heavy atom. The van der Waals surface area contributed by atoms with Crippen LogP contribution in [0.5, 0.6) is 0 Å². The molecule has 0 aliphatic heterocycles. The highest BCUT2D eigenvalue weighted by Crippen LogP contribution is 2.07. The monoisotopic (exact) mass is 166 g/mol. The molecule has 12 heavy (non-hydrogen) atoms. The van der Waals surface area contributed by atoms with Gasteiger partial charge in [0.1, 0.15) is 0 Å². The van der Waals surface area contributed by atoms with Crippen molar-refractivity contribution in [1.82, 2.24) is 5.32 Å². The number of rotatable bonds is 3. The average Bonchev–Trinajstić information content (AvgIpc) is 2.51. The molecule has 0 aromatic rings. The number of carbonyl (C=O) groups excluding carboxylic acids is 2. The van der Waals surface area contributed by atoms with Gasteiger partial charge >= 0.3 is 0 Å². The predicted molar refractivity (Wildman–Crippen MR) is 44.0 cm³/mol. The molecule has 0 aromatic carbocycles. The molecule has 2 amide bonds. The van der Waals surface area contributed by atoms with E-state index < -0.39 is 5.91 Å². The average molecular weight is 166 g/mol. The molecule has 4 nitrogen and oxygen atoms in total. The third kappa shape index (κ3) is 2.23. The smallest absolute Gasteiger partial charge is 0.236 e. The Labute approximate surface area is 70.1 Å². The van der Waals surface area contributed by atoms with E-state index in [-0.39, 0.29) is 18.4 Å². The summed E-state index contributed by atoms with van der Waals surface area (Å²) in [7, 11) is 0. The van der Waals surface area contributed by atoms with Crippen LogP contribution in [0.3, 0.4) is 0 Å². The normalized spacial score (nSPS) is 15.0. The van der Waals surface area contributed by atoms with Gasteiger partial charge in [0.2, 0.25) is 11.8 Å². The number of hydrogen-bond donors (Lipinski definition) is 2. The van der Waals surface area contributed by atoms with Gasteiger partial charge in [-0.05, 0) is 0 Å². The van der Waals surface area contributed by atoms with Crippen LogP contribution in [0.15, 0.2) is 24.3 Å². The Hall–Kier alpha value is -1.58. The molecule has 0 saturated carbocycles. The van der Waals surface area contributed by atoms with Crippen LogP contribution >= 0.6 is 0 Å². The third-order valence-corrected chi connectivity index (χ3v) is 1.49. The highest BCUT2D eigenvalue weighted by atomic mass is 16.2. The Bertz CT molecular complexity index is 244. The summed E-state index contributed by atoms with van der Waals surface area (Å²) in [6.07, 6.45) is 7.07. The Balaban J connectivity index is 2.33. The summed E-state index contributed by atoms with van der Waals surface area (Å²) in [4.78, 5) is 21.4. The lowest BCUT2D eigenvalue weighted by Gasteiger charge is -2.04. The molecule has 0 unspecified atom stereocenters. The summed E-state index contributed by atoms with van der Waals surface area (Å²) in [6, 6.07) is 0. The molecule has 0 aromatic heterocycles. The van der Waals surface area contributed by atoms with Crippen molar-refractivity contribution in [2.24, 2.45) is 11.7 Å². The molecule has 1 aliphatic rings. The van der Waals surface area contributed by atoms with Gasteiger partial charge in [-0.15, -0.1) is 0 Å². The molecule has 1 aliphatic carbocycles. The second-order valence-corrected chi connectivity index (χ2v) is 2.48. The summed E-state index contributed by atoms with van der Waals surface area (Å²) < 4.78 is 0. The van der Waals surface area contributed by atoms with Gasteiger partial charge in [-0.1, -0.05) is 24.3 Å². The van der Waals surface area contributed by atoms with Gasteiger partial charge in [-0.3, -0.25) is 9.59 Å². The number of hydrogen-bond acceptors (Lipinski definition) is 2. The van der Waals surface area contributed by atoms with Gasteiger partial charge in [-0.2, -0.15) is 0 Å². The minimum Gasteiger partial charge on any atom is -0.368 e. The molecule has 0 saturated heterocycles. The third-order valence-electron chi connectivity index (χ3n) is 1.49. The lowest BCUT2D eigenvalue weighted by Crippen LogP contribution is -2.35. The van der Waals surface area contributed by atoms with Crippen LogP contribution in [0.4, 0.5) is 0 Å². The van der Waals surface area contributed by atoms with Gasteiger partial charge in [0, 0.05) is 0 Å². The molecule has 64 valence electrons. The van der Waals surface area contributed by atoms with Crippen molar-refractivity contribution in [2.75, 3.05) is 6.54 Å². The van der Waals surface area contributed by atoms with Crippen molar-refractivity contribution in [2.45, 2.75) is 0 Å². The zero-order chi connectivity index (χ0) is 8.97. The van der Waals surface area contributed by atoms with Crippen LogP contribution in [-0.2, 0) is 9.59 Å². The first-order chi connectivity index (χ1) is 5.70. The van der Waals surface area contributed by atoms with E-state index in [1.54, 1.807) is 24.3 Å². The van der Waals surface area contributed by atoms with E-state index in [1.165, 1.54) is 0 Å². The van der Waals surface area contributed by atoms with Gasteiger partial charge in [0.05, 0.1) is 12.5 Å². The van der Waals surface area contributed by atoms with Crippen LogP contribution in [0.1, 0.15) is 0 Å². The summed E-state index contributed by atoms with van der Waals surface area (Å²) in [6.45, 7) is -0.100. The minimum atomic E-state index is -0.533. The van der Waals surface area contributed by atoms with Gasteiger partial charge in [0.15, 0.2) is 0 Å². The highest BCUT2D eigenvalue weighted by Gasteiger charge is 2.13. The minimum absolute atomic E-state index is 0.100. The fourth-order valence-corrected chi connectivity index (χ4v) is 0.899. The molecule has 0 radical (unpaired) electrons. The first-order valence-corrected chi connectivity index (χ1v) is 3.61. The van der Waals surface area contributed by atoms with E-state index in [4.69, 9.17) is 5.73 Å². The molecule has 4 heteroatoms. The summed E-state index contributed by atoms with van der Waals surface area (Å²) in [5, 5.41) is 2.41. The van der Waals surface area contributed by atoms with Crippen molar-refractivity contribution in [1.29, 1.82) is 0 Å². The Morgan fingerprint density at radius 3 is 2.42 bits per heavy atom. The van der Waals surface area contributed by atoms with E-state index >= 15 is 0 Å². The lowest BCUT2D eigenvalue weighted by atomic mass is 10.1. The van der Waals surface area contributed by atoms with Gasteiger partial charge in [0.25, 0.3) is 0 Å². The fourth-order valence-electron chi connectivity index (χ4n) is 0.899. The summed E-state index contributed by atoms with van der Waals surface area (Å²) in [5.41, 5.74) is 4.85. The summed E-state index contributed by atoms with van der Waals surface area (Å²) in [5.74, 6) is -0.975. The van der Waals surface area contributed by atoms with E-state index in [0.29, 0.717) is 0 Å². The van der Waals surface area contributed by atoms with Crippen LogP contribution in [0, 0.1) is 5.92 Å². The number of nitrogens with two attached hydrogens (primary N) is 1. The van der Waals surface area contributed by atoms with Crippen molar-refractivity contribution in [3.8, 4) is 0 Å². The molecule has 3 N–H and O–H groups in total. The van der Waals surface area contributed by atoms with Crippen LogP contribution in [-0.4, -0.2) is 18.4 Å². The maximum Gasteiger partial charge on any atom is 0.236 e. The molecule has 0 bridgehead atoms. The molecule has 1 rings (SSSR count). The van der Waals surface area contributed by atoms with E-state index in [0.717, 1.165) is 0 Å². The number of amides is 2. The number of nitrogens with one attached hydrogen (secondary N) is 1. The zero-order valence-electron chi connectivity index (χ0n) is 6.49. The maximum absolute atomic E-state index is 11.1. The SMILES string of the molecule is NC(=O)CNC(=O)C1C=CC=C1. The second kappa shape index (κ2) is 3.71. The van der Waals surface area contributed by atoms with Crippen molar-refractivity contribution in [3.63, 3.8) is 0 Å². The fraction of sp³-hybridized carbons (Fsp3) is 0.250. The Kier molecular flexibility index (Phi) is 2.63. The highest BCUT2D eigenvalue weighted by molar-refractivity contribution is 5.87. The number of allylic oxidation sites excluding steroid dienone is 2. The van der Waals surface area contributed by atoms with Crippen molar-refractivity contribution >= 4 is 11.8 Å². The van der Waals surface area contributed by atoms with E-state index in [2.05, 4.69) is 5.32 Å². The molecular formula is C8H10N2O2. The van der Waals surface area contributed by atoms with Crippen LogP contribution in [0.2, 0.25) is 0 Å². The van der Waals surface area contributed by atoms with Crippen molar-refractivity contribution in [3.05, 3.63) is 24.3 Å². The molecular weight excluding hydrogens is 156 g/mol. The number of carbonyl (C=O) groups is 2. The summed E-state index contributed by atoms with van der Waals surface area (Å²) >= 11 is 0. The maximum atomic E-state index is 11.1. The Morgan fingerprint density at radius 2 is 1.92 bits per heavy atom. The quantitative estimate of drug-likeness (QED) is 0.583. The zero-order valence-corrected chi connectivity index (χ0v) is 6.49. The number of primary amides is 1. The molecule has 0 spiro atoms. The lowest BCUT2D eigenvalue weighted by molar-refractivity contribution is -0.125. The predicted octanol–water partition coefficient (Wildman–Crippen LogP) is -0.670. The van der Waals surface area contributed by atoms with E-state index in [1.807, 2.05) is 0 Å². The largest absolute Gasteiger partial charge is 0.368 e. The van der Waals surface area contributed by atoms with E-state index in [9.17, 15) is 9.59 Å². The molecule has 0 fully saturated rings. The van der Waals surface area contributed by atoms with Crippen LogP contribution < -0.4 is 11.1 Å². The standard InChI is InChI=1S/C8H10N2O2/c9-7(11)5-10-8(12)6-3-1-2-4-6/h1-4,6H,5H2,(H2,9,11)(H,10,12). The van der Waals surface area contributed by atoms with Crippen LogP contribution in [0.25, 0.3) is 0 Å². The first-order valence-electron chi connectivity index (χ1n) is 3.61. The van der Waals surface area contributed by atoms with Gasteiger partial charge in [-0.25, -0.2) is 0 Å². The first kappa shape index (κ1) is 8.52. The van der Waals surface area contributed by atoms with Crippen molar-refractivity contribution < 1.29 is 9.59 Å². The second-order valence-electron chi connectivity index (χ2n) is 2.48. The molecule has 0 heterocycles.